The van der Waals surface area contributed by atoms with Crippen molar-refractivity contribution >= 4 is 11.9 Å². The molecular weight excluding hydrogens is 330 g/mol. The van der Waals surface area contributed by atoms with Crippen molar-refractivity contribution in [2.75, 3.05) is 20.3 Å². The maximum absolute atomic E-state index is 12.2. The Morgan fingerprint density at radius 1 is 1.04 bits per heavy atom. The van der Waals surface area contributed by atoms with Crippen molar-refractivity contribution in [3.8, 4) is 5.75 Å². The summed E-state index contributed by atoms with van der Waals surface area (Å²) < 4.78 is 10.5. The summed E-state index contributed by atoms with van der Waals surface area (Å²) >= 11 is 0. The highest BCUT2D eigenvalue weighted by Gasteiger charge is 2.18. The van der Waals surface area contributed by atoms with E-state index in [0.717, 1.165) is 11.1 Å². The molecule has 0 saturated heterocycles. The molecule has 0 heterocycles. The van der Waals surface area contributed by atoms with E-state index in [9.17, 15) is 9.59 Å². The second-order valence-corrected chi connectivity index (χ2v) is 6.16. The smallest absolute Gasteiger partial charge is 0.309 e. The molecule has 5 heteroatoms. The molecule has 1 unspecified atom stereocenters. The Labute approximate surface area is 154 Å². The van der Waals surface area contributed by atoms with Crippen LogP contribution < -0.4 is 4.74 Å². The minimum atomic E-state index is -0.453. The van der Waals surface area contributed by atoms with Crippen molar-refractivity contribution in [3.63, 3.8) is 0 Å². The first-order valence-electron chi connectivity index (χ1n) is 8.63. The van der Waals surface area contributed by atoms with Crippen LogP contribution in [-0.4, -0.2) is 37.0 Å². The van der Waals surface area contributed by atoms with Gasteiger partial charge >= 0.3 is 5.97 Å². The molecular formula is C21H25NO4. The van der Waals surface area contributed by atoms with Gasteiger partial charge < -0.3 is 14.4 Å². The molecule has 0 aromatic heterocycles. The van der Waals surface area contributed by atoms with Gasteiger partial charge in [-0.05, 0) is 31.5 Å². The fourth-order valence-electron chi connectivity index (χ4n) is 2.37. The van der Waals surface area contributed by atoms with Gasteiger partial charge in [-0.3, -0.25) is 9.59 Å². The number of ether oxygens (including phenoxy) is 2. The summed E-state index contributed by atoms with van der Waals surface area (Å²) in [6, 6.07) is 17.2. The number of nitrogens with zero attached hydrogens (tertiary/aromatic N) is 1. The van der Waals surface area contributed by atoms with Crippen LogP contribution in [0, 0.1) is 6.92 Å². The molecule has 0 spiro atoms. The molecule has 1 atom stereocenters. The van der Waals surface area contributed by atoms with Gasteiger partial charge in [-0.25, -0.2) is 0 Å². The predicted molar refractivity (Wildman–Crippen MR) is 99.9 cm³/mol. The number of likely N-dealkylation sites (N-methyl/N-ethyl adjacent to an activating group) is 1. The highest BCUT2D eigenvalue weighted by molar-refractivity contribution is 5.80. The maximum atomic E-state index is 12.2. The highest BCUT2D eigenvalue weighted by atomic mass is 16.5. The molecule has 0 radical (unpaired) electrons. The van der Waals surface area contributed by atoms with Crippen molar-refractivity contribution in [2.24, 2.45) is 0 Å². The second-order valence-electron chi connectivity index (χ2n) is 6.16. The van der Waals surface area contributed by atoms with Crippen LogP contribution in [0.5, 0.6) is 5.75 Å². The van der Waals surface area contributed by atoms with Crippen LogP contribution in [0.15, 0.2) is 54.6 Å². The number of aryl methyl sites for hydroxylation is 1. The fraction of sp³-hybridized carbons (Fsp3) is 0.333. The molecule has 5 nitrogen and oxygen atoms in total. The summed E-state index contributed by atoms with van der Waals surface area (Å²) in [6.45, 7) is 3.88. The average molecular weight is 355 g/mol. The Bertz CT molecular complexity index is 713. The normalized spacial score (nSPS) is 11.5. The summed E-state index contributed by atoms with van der Waals surface area (Å²) in [4.78, 5) is 25.6. The van der Waals surface area contributed by atoms with Gasteiger partial charge in [-0.15, -0.1) is 0 Å². The van der Waals surface area contributed by atoms with E-state index in [4.69, 9.17) is 9.47 Å². The van der Waals surface area contributed by atoms with Gasteiger partial charge in [-0.2, -0.15) is 0 Å². The Morgan fingerprint density at radius 2 is 1.69 bits per heavy atom. The number of amides is 1. The van der Waals surface area contributed by atoms with E-state index in [1.165, 1.54) is 0 Å². The Balaban J connectivity index is 1.70. The van der Waals surface area contributed by atoms with E-state index in [-0.39, 0.29) is 31.6 Å². The number of benzene rings is 2. The van der Waals surface area contributed by atoms with E-state index < -0.39 is 5.97 Å². The summed E-state index contributed by atoms with van der Waals surface area (Å²) in [5, 5.41) is 0. The molecule has 0 aliphatic carbocycles. The number of rotatable bonds is 8. The van der Waals surface area contributed by atoms with Crippen molar-refractivity contribution in [1.29, 1.82) is 0 Å². The van der Waals surface area contributed by atoms with E-state index in [0.29, 0.717) is 5.75 Å². The number of carbonyl (C=O) groups excluding carboxylic acids is 2. The third-order valence-electron chi connectivity index (χ3n) is 4.21. The van der Waals surface area contributed by atoms with E-state index in [1.54, 1.807) is 11.9 Å². The van der Waals surface area contributed by atoms with Crippen LogP contribution in [0.1, 0.15) is 30.5 Å². The van der Waals surface area contributed by atoms with Crippen LogP contribution >= 0.6 is 0 Å². The molecule has 0 saturated carbocycles. The number of esters is 1. The SMILES string of the molecule is Cc1ccc(OCCC(=O)OCC(=O)N(C)C(C)c2ccccc2)cc1. The molecule has 1 amide bonds. The summed E-state index contributed by atoms with van der Waals surface area (Å²) in [6.07, 6.45) is 0.0963. The van der Waals surface area contributed by atoms with Gasteiger partial charge in [0.2, 0.25) is 0 Å². The molecule has 0 fully saturated rings. The fourth-order valence-corrected chi connectivity index (χ4v) is 2.37. The lowest BCUT2D eigenvalue weighted by atomic mass is 10.1. The van der Waals surface area contributed by atoms with E-state index in [1.807, 2.05) is 68.4 Å². The second kappa shape index (κ2) is 9.61. The minimum Gasteiger partial charge on any atom is -0.493 e. The van der Waals surface area contributed by atoms with Crippen molar-refractivity contribution in [3.05, 3.63) is 65.7 Å². The standard InChI is InChI=1S/C21H25NO4/c1-16-9-11-19(12-10-16)25-14-13-21(24)26-15-20(23)22(3)17(2)18-7-5-4-6-8-18/h4-12,17H,13-15H2,1-3H3. The predicted octanol–water partition coefficient (Wildman–Crippen LogP) is 3.53. The summed E-state index contributed by atoms with van der Waals surface area (Å²) in [7, 11) is 1.70. The van der Waals surface area contributed by atoms with Crippen LogP contribution in [0.4, 0.5) is 0 Å². The van der Waals surface area contributed by atoms with Gasteiger partial charge in [0.25, 0.3) is 5.91 Å². The number of hydrogen-bond donors (Lipinski definition) is 0. The average Bonchev–Trinajstić information content (AvgIpc) is 2.67. The van der Waals surface area contributed by atoms with Gasteiger partial charge in [0.15, 0.2) is 6.61 Å². The molecule has 0 aliphatic heterocycles. The Kier molecular flexibility index (Phi) is 7.21. The third-order valence-corrected chi connectivity index (χ3v) is 4.21. The summed E-state index contributed by atoms with van der Waals surface area (Å²) in [5.41, 5.74) is 2.17. The molecule has 138 valence electrons. The largest absolute Gasteiger partial charge is 0.493 e. The molecule has 0 aliphatic rings. The zero-order chi connectivity index (χ0) is 18.9. The maximum Gasteiger partial charge on any atom is 0.309 e. The van der Waals surface area contributed by atoms with Crippen LogP contribution in [-0.2, 0) is 14.3 Å². The van der Waals surface area contributed by atoms with Crippen LogP contribution in [0.25, 0.3) is 0 Å². The quantitative estimate of drug-likeness (QED) is 0.680. The lowest BCUT2D eigenvalue weighted by Crippen LogP contribution is -2.33. The minimum absolute atomic E-state index is 0.0905. The first-order valence-corrected chi connectivity index (χ1v) is 8.63. The Morgan fingerprint density at radius 3 is 2.35 bits per heavy atom. The van der Waals surface area contributed by atoms with E-state index in [2.05, 4.69) is 0 Å². The topological polar surface area (TPSA) is 55.8 Å². The lowest BCUT2D eigenvalue weighted by Gasteiger charge is -2.25. The van der Waals surface area contributed by atoms with Crippen molar-refractivity contribution in [2.45, 2.75) is 26.3 Å². The van der Waals surface area contributed by atoms with Crippen molar-refractivity contribution < 1.29 is 19.1 Å². The highest BCUT2D eigenvalue weighted by Crippen LogP contribution is 2.18. The third kappa shape index (κ3) is 5.92. The molecule has 0 N–H and O–H groups in total. The van der Waals surface area contributed by atoms with Gasteiger partial charge in [0.05, 0.1) is 19.1 Å². The molecule has 0 bridgehead atoms. The zero-order valence-electron chi connectivity index (χ0n) is 15.5. The van der Waals surface area contributed by atoms with Crippen LogP contribution in [0.2, 0.25) is 0 Å². The van der Waals surface area contributed by atoms with Gasteiger partial charge in [-0.1, -0.05) is 48.0 Å². The van der Waals surface area contributed by atoms with Crippen LogP contribution in [0.3, 0.4) is 0 Å². The number of hydrogen-bond acceptors (Lipinski definition) is 4. The molecule has 2 rings (SSSR count). The molecule has 2 aromatic carbocycles. The first-order chi connectivity index (χ1) is 12.5. The van der Waals surface area contributed by atoms with Gasteiger partial charge in [0.1, 0.15) is 5.75 Å². The molecule has 26 heavy (non-hydrogen) atoms. The van der Waals surface area contributed by atoms with E-state index >= 15 is 0 Å². The van der Waals surface area contributed by atoms with Gasteiger partial charge in [0, 0.05) is 7.05 Å². The number of carbonyl (C=O) groups is 2. The summed E-state index contributed by atoms with van der Waals surface area (Å²) in [5.74, 6) is 0.0104. The zero-order valence-corrected chi connectivity index (χ0v) is 15.5. The Hall–Kier alpha value is -2.82. The lowest BCUT2D eigenvalue weighted by molar-refractivity contribution is -0.152. The van der Waals surface area contributed by atoms with Crippen molar-refractivity contribution in [1.82, 2.24) is 4.90 Å². The monoisotopic (exact) mass is 355 g/mol. The molecule has 2 aromatic rings. The first kappa shape index (κ1) is 19.5.